The van der Waals surface area contributed by atoms with E-state index in [4.69, 9.17) is 14.5 Å². The van der Waals surface area contributed by atoms with Crippen LogP contribution in [0.4, 0.5) is 0 Å². The standard InChI is InChI=1S/C23H28N4O4/c28-21(15-18-7-4-12-31-18)24-9-8-20-19(23(29)27-10-13-30-14-11-27)16-25-22(26-20)17-5-2-1-3-6-17/h1-3,5-6,16,18H,4,7-15H2,(H,24,28)/t18-/m0/s1. The Morgan fingerprint density at radius 1 is 1.13 bits per heavy atom. The number of carbonyl (C=O) groups excluding carboxylic acids is 2. The normalized spacial score (nSPS) is 18.7. The second-order valence-corrected chi connectivity index (χ2v) is 7.76. The molecule has 31 heavy (non-hydrogen) atoms. The summed E-state index contributed by atoms with van der Waals surface area (Å²) < 4.78 is 10.9. The highest BCUT2D eigenvalue weighted by Gasteiger charge is 2.23. The first kappa shape index (κ1) is 21.4. The molecule has 1 aromatic carbocycles. The molecule has 2 fully saturated rings. The second-order valence-electron chi connectivity index (χ2n) is 7.76. The molecule has 8 heteroatoms. The summed E-state index contributed by atoms with van der Waals surface area (Å²) in [6.45, 7) is 3.30. The van der Waals surface area contributed by atoms with Gasteiger partial charge in [-0.25, -0.2) is 9.97 Å². The highest BCUT2D eigenvalue weighted by molar-refractivity contribution is 5.95. The molecule has 0 saturated carbocycles. The molecule has 2 aliphatic heterocycles. The molecule has 4 rings (SSSR count). The molecule has 1 N–H and O–H groups in total. The Labute approximate surface area is 182 Å². The van der Waals surface area contributed by atoms with E-state index in [2.05, 4.69) is 10.3 Å². The fourth-order valence-corrected chi connectivity index (χ4v) is 3.85. The van der Waals surface area contributed by atoms with Crippen molar-refractivity contribution in [2.75, 3.05) is 39.5 Å². The zero-order valence-electron chi connectivity index (χ0n) is 17.6. The van der Waals surface area contributed by atoms with Gasteiger partial charge in [0, 0.05) is 44.4 Å². The number of aromatic nitrogens is 2. The summed E-state index contributed by atoms with van der Waals surface area (Å²) in [6, 6.07) is 9.66. The van der Waals surface area contributed by atoms with Crippen molar-refractivity contribution < 1.29 is 19.1 Å². The summed E-state index contributed by atoms with van der Waals surface area (Å²) in [4.78, 5) is 36.2. The predicted octanol–water partition coefficient (Wildman–Crippen LogP) is 1.84. The number of ether oxygens (including phenoxy) is 2. The summed E-state index contributed by atoms with van der Waals surface area (Å²) in [5.74, 6) is 0.439. The number of benzene rings is 1. The van der Waals surface area contributed by atoms with Crippen LogP contribution in [0, 0.1) is 0 Å². The summed E-state index contributed by atoms with van der Waals surface area (Å²) in [7, 11) is 0. The zero-order valence-corrected chi connectivity index (χ0v) is 17.6. The van der Waals surface area contributed by atoms with Crippen LogP contribution in [0.25, 0.3) is 11.4 Å². The molecule has 8 nitrogen and oxygen atoms in total. The van der Waals surface area contributed by atoms with Gasteiger partial charge in [0.1, 0.15) is 0 Å². The predicted molar refractivity (Wildman–Crippen MR) is 114 cm³/mol. The monoisotopic (exact) mass is 424 g/mol. The largest absolute Gasteiger partial charge is 0.378 e. The maximum atomic E-state index is 13.1. The fourth-order valence-electron chi connectivity index (χ4n) is 3.85. The van der Waals surface area contributed by atoms with Gasteiger partial charge < -0.3 is 19.7 Å². The number of nitrogens with one attached hydrogen (secondary N) is 1. The Kier molecular flexibility index (Phi) is 7.22. The molecular formula is C23H28N4O4. The number of nitrogens with zero attached hydrogens (tertiary/aromatic N) is 3. The van der Waals surface area contributed by atoms with Crippen LogP contribution in [0.2, 0.25) is 0 Å². The van der Waals surface area contributed by atoms with Gasteiger partial charge in [0.05, 0.1) is 37.0 Å². The van der Waals surface area contributed by atoms with Gasteiger partial charge in [-0.3, -0.25) is 9.59 Å². The van der Waals surface area contributed by atoms with E-state index in [9.17, 15) is 9.59 Å². The Morgan fingerprint density at radius 2 is 1.94 bits per heavy atom. The molecule has 2 amide bonds. The minimum atomic E-state index is -0.0939. The smallest absolute Gasteiger partial charge is 0.257 e. The van der Waals surface area contributed by atoms with Gasteiger partial charge in [-0.05, 0) is 12.8 Å². The van der Waals surface area contributed by atoms with Crippen molar-refractivity contribution in [3.8, 4) is 11.4 Å². The van der Waals surface area contributed by atoms with Gasteiger partial charge in [0.2, 0.25) is 5.91 Å². The quantitative estimate of drug-likeness (QED) is 0.729. The summed E-state index contributed by atoms with van der Waals surface area (Å²) >= 11 is 0. The van der Waals surface area contributed by atoms with Crippen molar-refractivity contribution >= 4 is 11.8 Å². The Bertz CT molecular complexity index is 894. The molecule has 2 saturated heterocycles. The lowest BCUT2D eigenvalue weighted by molar-refractivity contribution is -0.123. The number of carbonyl (C=O) groups is 2. The SMILES string of the molecule is O=C(C[C@@H]1CCCO1)NCCc1nc(-c2ccccc2)ncc1C(=O)N1CCOCC1. The van der Waals surface area contributed by atoms with Crippen LogP contribution in [0.5, 0.6) is 0 Å². The van der Waals surface area contributed by atoms with E-state index in [-0.39, 0.29) is 17.9 Å². The molecule has 2 aliphatic rings. The van der Waals surface area contributed by atoms with Crippen molar-refractivity contribution in [3.63, 3.8) is 0 Å². The average molecular weight is 425 g/mol. The van der Waals surface area contributed by atoms with Crippen LogP contribution in [-0.4, -0.2) is 72.2 Å². The molecule has 0 spiro atoms. The van der Waals surface area contributed by atoms with Crippen LogP contribution in [-0.2, 0) is 20.7 Å². The lowest BCUT2D eigenvalue weighted by Gasteiger charge is -2.27. The van der Waals surface area contributed by atoms with Crippen molar-refractivity contribution in [1.29, 1.82) is 0 Å². The molecule has 164 valence electrons. The maximum Gasteiger partial charge on any atom is 0.257 e. The fraction of sp³-hybridized carbons (Fsp3) is 0.478. The third-order valence-electron chi connectivity index (χ3n) is 5.55. The van der Waals surface area contributed by atoms with E-state index in [1.165, 1.54) is 0 Å². The molecule has 1 atom stereocenters. The van der Waals surface area contributed by atoms with Gasteiger partial charge in [-0.2, -0.15) is 0 Å². The van der Waals surface area contributed by atoms with Crippen molar-refractivity contribution in [3.05, 3.63) is 47.8 Å². The molecule has 1 aromatic heterocycles. The van der Waals surface area contributed by atoms with Crippen molar-refractivity contribution in [1.82, 2.24) is 20.2 Å². The number of hydrogen-bond donors (Lipinski definition) is 1. The van der Waals surface area contributed by atoms with E-state index >= 15 is 0 Å². The summed E-state index contributed by atoms with van der Waals surface area (Å²) in [5, 5.41) is 2.94. The number of rotatable bonds is 7. The highest BCUT2D eigenvalue weighted by Crippen LogP contribution is 2.19. The molecule has 3 heterocycles. The van der Waals surface area contributed by atoms with Crippen LogP contribution in [0.15, 0.2) is 36.5 Å². The minimum absolute atomic E-state index is 0.0159. The molecule has 0 radical (unpaired) electrons. The van der Waals surface area contributed by atoms with Crippen LogP contribution in [0.3, 0.4) is 0 Å². The molecular weight excluding hydrogens is 396 g/mol. The first-order valence-corrected chi connectivity index (χ1v) is 10.9. The topological polar surface area (TPSA) is 93.7 Å². The number of amides is 2. The first-order chi connectivity index (χ1) is 15.2. The van der Waals surface area contributed by atoms with E-state index in [1.54, 1.807) is 11.1 Å². The van der Waals surface area contributed by atoms with E-state index < -0.39 is 0 Å². The third kappa shape index (κ3) is 5.65. The lowest BCUT2D eigenvalue weighted by atomic mass is 10.1. The Hall–Kier alpha value is -2.84. The Morgan fingerprint density at radius 3 is 2.68 bits per heavy atom. The van der Waals surface area contributed by atoms with Crippen LogP contribution in [0.1, 0.15) is 35.3 Å². The summed E-state index contributed by atoms with van der Waals surface area (Å²) in [6.07, 6.45) is 4.38. The zero-order chi connectivity index (χ0) is 21.5. The van der Waals surface area contributed by atoms with Crippen LogP contribution < -0.4 is 5.32 Å². The maximum absolute atomic E-state index is 13.1. The minimum Gasteiger partial charge on any atom is -0.378 e. The number of morpholine rings is 1. The molecule has 0 bridgehead atoms. The van der Waals surface area contributed by atoms with Gasteiger partial charge in [-0.1, -0.05) is 30.3 Å². The van der Waals surface area contributed by atoms with E-state index in [0.717, 1.165) is 25.0 Å². The Balaban J connectivity index is 1.47. The van der Waals surface area contributed by atoms with Gasteiger partial charge in [-0.15, -0.1) is 0 Å². The van der Waals surface area contributed by atoms with Crippen molar-refractivity contribution in [2.24, 2.45) is 0 Å². The van der Waals surface area contributed by atoms with E-state index in [1.807, 2.05) is 30.3 Å². The molecule has 2 aromatic rings. The second kappa shape index (κ2) is 10.5. The van der Waals surface area contributed by atoms with Crippen LogP contribution >= 0.6 is 0 Å². The van der Waals surface area contributed by atoms with Gasteiger partial charge in [0.25, 0.3) is 5.91 Å². The molecule has 0 aliphatic carbocycles. The van der Waals surface area contributed by atoms with Gasteiger partial charge in [0.15, 0.2) is 5.82 Å². The van der Waals surface area contributed by atoms with Crippen molar-refractivity contribution in [2.45, 2.75) is 31.8 Å². The molecule has 0 unspecified atom stereocenters. The summed E-state index contributed by atoms with van der Waals surface area (Å²) in [5.41, 5.74) is 2.01. The third-order valence-corrected chi connectivity index (χ3v) is 5.55. The average Bonchev–Trinajstić information content (AvgIpc) is 3.33. The van der Waals surface area contributed by atoms with E-state index in [0.29, 0.717) is 62.8 Å². The first-order valence-electron chi connectivity index (χ1n) is 10.9. The lowest BCUT2D eigenvalue weighted by Crippen LogP contribution is -2.41. The highest BCUT2D eigenvalue weighted by atomic mass is 16.5. The van der Waals surface area contributed by atoms with Gasteiger partial charge >= 0.3 is 0 Å². The number of hydrogen-bond acceptors (Lipinski definition) is 6.